The minimum absolute atomic E-state index is 0.0110. The molecule has 1 N–H and O–H groups in total. The Morgan fingerprint density at radius 2 is 1.34 bits per heavy atom. The summed E-state index contributed by atoms with van der Waals surface area (Å²) in [5.41, 5.74) is 2.42. The third-order valence-electron chi connectivity index (χ3n) is 17.6. The number of ether oxygens (including phenoxy) is 4. The molecule has 3 saturated carbocycles. The van der Waals surface area contributed by atoms with E-state index in [9.17, 15) is 14.7 Å². The molecule has 0 radical (unpaired) electrons. The van der Waals surface area contributed by atoms with Crippen LogP contribution in [0, 0.1) is 46.3 Å². The molecule has 8 heteroatoms. The largest absolute Gasteiger partial charge is 0.462 e. The first-order valence-electron chi connectivity index (χ1n) is 29.1. The molecule has 0 spiro atoms. The van der Waals surface area contributed by atoms with Crippen LogP contribution >= 0.6 is 0 Å². The minimum atomic E-state index is -0.612. The van der Waals surface area contributed by atoms with Gasteiger partial charge in [0.1, 0.15) is 12.7 Å². The fourth-order valence-electron chi connectivity index (χ4n) is 13.6. The van der Waals surface area contributed by atoms with E-state index in [-0.39, 0.29) is 30.1 Å². The zero-order chi connectivity index (χ0) is 48.3. The highest BCUT2D eigenvalue weighted by Gasteiger charge is 2.59. The molecular formula is C59H107NO7. The number of hydrogen-bond acceptors (Lipinski definition) is 8. The fourth-order valence-corrected chi connectivity index (χ4v) is 13.6. The number of nitrogens with zero attached hydrogens (tertiary/aromatic N) is 1. The van der Waals surface area contributed by atoms with Gasteiger partial charge in [0.15, 0.2) is 0 Å². The molecule has 8 nitrogen and oxygen atoms in total. The van der Waals surface area contributed by atoms with Crippen molar-refractivity contribution in [2.24, 2.45) is 46.3 Å². The molecule has 390 valence electrons. The van der Waals surface area contributed by atoms with Crippen LogP contribution in [0.4, 0.5) is 0 Å². The van der Waals surface area contributed by atoms with Crippen molar-refractivity contribution in [3.05, 3.63) is 11.6 Å². The number of fused-ring (bicyclic) bond motifs is 5. The summed E-state index contributed by atoms with van der Waals surface area (Å²) in [7, 11) is 0. The lowest BCUT2D eigenvalue weighted by Gasteiger charge is -2.58. The summed E-state index contributed by atoms with van der Waals surface area (Å²) in [6.07, 6.45) is 36.5. The number of hydrogen-bond donors (Lipinski definition) is 1. The van der Waals surface area contributed by atoms with Gasteiger partial charge in [-0.2, -0.15) is 0 Å². The highest BCUT2D eigenvalue weighted by Crippen LogP contribution is 2.67. The second kappa shape index (κ2) is 32.5. The van der Waals surface area contributed by atoms with Crippen molar-refractivity contribution in [3.63, 3.8) is 0 Å². The lowest BCUT2D eigenvalue weighted by Crippen LogP contribution is -2.51. The van der Waals surface area contributed by atoms with Crippen LogP contribution in [0.5, 0.6) is 0 Å². The van der Waals surface area contributed by atoms with Crippen molar-refractivity contribution < 1.29 is 33.6 Å². The molecule has 0 aromatic carbocycles. The van der Waals surface area contributed by atoms with E-state index < -0.39 is 6.29 Å². The second-order valence-electron chi connectivity index (χ2n) is 23.2. The summed E-state index contributed by atoms with van der Waals surface area (Å²) in [5.74, 6) is 4.91. The number of aliphatic hydroxyl groups excluding tert-OH is 1. The summed E-state index contributed by atoms with van der Waals surface area (Å²) in [6, 6.07) is 0. The van der Waals surface area contributed by atoms with Crippen molar-refractivity contribution in [3.8, 4) is 0 Å². The monoisotopic (exact) mass is 942 g/mol. The molecule has 3 fully saturated rings. The number of carbonyl (C=O) groups excluding carboxylic acids is 2. The summed E-state index contributed by atoms with van der Waals surface area (Å²) in [5, 5.41) is 9.39. The predicted molar refractivity (Wildman–Crippen MR) is 277 cm³/mol. The normalized spacial score (nSPS) is 26.8. The molecule has 0 aliphatic heterocycles. The minimum Gasteiger partial charge on any atom is -0.462 e. The van der Waals surface area contributed by atoms with E-state index in [1.807, 2.05) is 0 Å². The SMILES string of the molecule is CCCCCCOCC(OCCCCC)OC(=O)CCCCCCN(CCCCO)CCCCCCCC(=O)O[C@H]1CC[C@@]2(C)C(=CC[C@H]3[C@@H]4CC[C@H]([C@H](C)CCCC(C)C)[C@@]4(C)CC[C@@H]32)C1. The maximum absolute atomic E-state index is 13.1. The van der Waals surface area contributed by atoms with Crippen molar-refractivity contribution >= 4 is 11.9 Å². The Bertz CT molecular complexity index is 1370. The maximum atomic E-state index is 13.1. The van der Waals surface area contributed by atoms with E-state index in [0.29, 0.717) is 38.1 Å². The van der Waals surface area contributed by atoms with Gasteiger partial charge in [-0.25, -0.2) is 0 Å². The number of aliphatic hydroxyl groups is 1. The molecule has 0 aromatic rings. The van der Waals surface area contributed by atoms with Gasteiger partial charge in [-0.05, 0) is 162 Å². The Morgan fingerprint density at radius 1 is 0.701 bits per heavy atom. The molecule has 4 rings (SSSR count). The molecule has 4 aliphatic rings. The topological polar surface area (TPSA) is 94.5 Å². The first-order valence-corrected chi connectivity index (χ1v) is 29.1. The van der Waals surface area contributed by atoms with Crippen LogP contribution in [0.2, 0.25) is 0 Å². The molecule has 0 aromatic heterocycles. The zero-order valence-electron chi connectivity index (χ0n) is 44.9. The third kappa shape index (κ3) is 19.9. The lowest BCUT2D eigenvalue weighted by atomic mass is 9.47. The van der Waals surface area contributed by atoms with E-state index >= 15 is 0 Å². The molecule has 0 saturated heterocycles. The maximum Gasteiger partial charge on any atom is 0.308 e. The van der Waals surface area contributed by atoms with Crippen LogP contribution < -0.4 is 0 Å². The number of carbonyl (C=O) groups is 2. The standard InChI is InChI=1S/C59H107NO7/c1-8-10-12-25-43-64-46-57(65-44-24-11-9-2)67-56(63)30-19-15-17-21-40-60(41-22-23-42-61)39-20-16-13-14-18-29-55(62)66-50-35-37-58(6)49(45-50)31-32-51-53-34-33-52(48(5)28-26-27-47(3)4)59(53,7)38-36-54(51)58/h31,47-48,50-54,57,61H,8-30,32-46H2,1-7H3/t48-,50+,51+,52-,53+,54+,57?,58+,59-/m1/s1. The van der Waals surface area contributed by atoms with Gasteiger partial charge in [0.05, 0.1) is 6.61 Å². The Kier molecular flexibility index (Phi) is 28.2. The van der Waals surface area contributed by atoms with Gasteiger partial charge in [0, 0.05) is 32.5 Å². The van der Waals surface area contributed by atoms with Crippen molar-refractivity contribution in [2.75, 3.05) is 46.1 Å². The van der Waals surface area contributed by atoms with E-state index in [0.717, 1.165) is 164 Å². The first kappa shape index (κ1) is 58.1. The summed E-state index contributed by atoms with van der Waals surface area (Å²) in [4.78, 5) is 28.3. The van der Waals surface area contributed by atoms with Crippen LogP contribution in [0.3, 0.4) is 0 Å². The molecule has 0 bridgehead atoms. The Labute approximate surface area is 413 Å². The highest BCUT2D eigenvalue weighted by atomic mass is 16.7. The molecule has 4 aliphatic carbocycles. The molecule has 1 unspecified atom stereocenters. The van der Waals surface area contributed by atoms with Gasteiger partial charge in [-0.3, -0.25) is 9.59 Å². The van der Waals surface area contributed by atoms with Crippen LogP contribution in [0.15, 0.2) is 11.6 Å². The van der Waals surface area contributed by atoms with Gasteiger partial charge in [0.2, 0.25) is 6.29 Å². The summed E-state index contributed by atoms with van der Waals surface area (Å²) >= 11 is 0. The quantitative estimate of drug-likeness (QED) is 0.0283. The van der Waals surface area contributed by atoms with Gasteiger partial charge < -0.3 is 29.0 Å². The third-order valence-corrected chi connectivity index (χ3v) is 17.6. The highest BCUT2D eigenvalue weighted by molar-refractivity contribution is 5.69. The molecular weight excluding hydrogens is 835 g/mol. The average Bonchev–Trinajstić information content (AvgIpc) is 3.66. The van der Waals surface area contributed by atoms with Crippen molar-refractivity contribution in [1.29, 1.82) is 0 Å². The lowest BCUT2D eigenvalue weighted by molar-refractivity contribution is -0.191. The van der Waals surface area contributed by atoms with E-state index in [1.165, 1.54) is 77.0 Å². The average molecular weight is 943 g/mol. The Hall–Kier alpha value is -1.48. The molecule has 67 heavy (non-hydrogen) atoms. The Balaban J connectivity index is 1.07. The molecule has 0 amide bonds. The number of allylic oxidation sites excluding steroid dienone is 1. The zero-order valence-corrected chi connectivity index (χ0v) is 44.9. The number of esters is 2. The van der Waals surface area contributed by atoms with Gasteiger partial charge in [-0.1, -0.05) is 144 Å². The number of rotatable bonds is 38. The second-order valence-corrected chi connectivity index (χ2v) is 23.2. The van der Waals surface area contributed by atoms with E-state index in [4.69, 9.17) is 18.9 Å². The molecule has 0 heterocycles. The number of unbranched alkanes of at least 4 members (excludes halogenated alkanes) is 13. The van der Waals surface area contributed by atoms with Crippen LogP contribution in [-0.2, 0) is 28.5 Å². The summed E-state index contributed by atoms with van der Waals surface area (Å²) < 4.78 is 23.6. The van der Waals surface area contributed by atoms with Gasteiger partial charge in [-0.15, -0.1) is 0 Å². The van der Waals surface area contributed by atoms with Crippen LogP contribution in [0.25, 0.3) is 0 Å². The van der Waals surface area contributed by atoms with E-state index in [2.05, 4.69) is 59.4 Å². The van der Waals surface area contributed by atoms with Gasteiger partial charge >= 0.3 is 11.9 Å². The predicted octanol–water partition coefficient (Wildman–Crippen LogP) is 15.0. The van der Waals surface area contributed by atoms with Gasteiger partial charge in [0.25, 0.3) is 0 Å². The fraction of sp³-hybridized carbons (Fsp3) is 0.932. The van der Waals surface area contributed by atoms with Crippen molar-refractivity contribution in [1.82, 2.24) is 4.90 Å². The first-order chi connectivity index (χ1) is 32.4. The smallest absolute Gasteiger partial charge is 0.308 e. The van der Waals surface area contributed by atoms with Crippen LogP contribution in [0.1, 0.15) is 248 Å². The van der Waals surface area contributed by atoms with Crippen molar-refractivity contribution in [2.45, 2.75) is 260 Å². The van der Waals surface area contributed by atoms with Crippen LogP contribution in [-0.4, -0.2) is 80.4 Å². The summed E-state index contributed by atoms with van der Waals surface area (Å²) in [6.45, 7) is 22.0. The van der Waals surface area contributed by atoms with E-state index in [1.54, 1.807) is 5.57 Å². The Morgan fingerprint density at radius 3 is 2.04 bits per heavy atom. The molecule has 9 atom stereocenters.